The lowest BCUT2D eigenvalue weighted by molar-refractivity contribution is -0.148. The number of hydrogen-bond acceptors (Lipinski definition) is 5. The maximum absolute atomic E-state index is 11.4. The highest BCUT2D eigenvalue weighted by Gasteiger charge is 2.52. The Hall–Kier alpha value is -1.21. The Morgan fingerprint density at radius 1 is 1.73 bits per heavy atom. The monoisotopic (exact) mass is 230 g/mol. The second kappa shape index (κ2) is 3.42. The van der Waals surface area contributed by atoms with Gasteiger partial charge in [0.1, 0.15) is 17.2 Å². The van der Waals surface area contributed by atoms with Gasteiger partial charge in [-0.1, -0.05) is 0 Å². The molecule has 2 rings (SSSR count). The van der Waals surface area contributed by atoms with Crippen LogP contribution in [0, 0.1) is 0 Å². The summed E-state index contributed by atoms with van der Waals surface area (Å²) in [6.45, 7) is 0. The fourth-order valence-electron chi connectivity index (χ4n) is 1.64. The Bertz CT molecular complexity index is 368. The molecule has 82 valence electrons. The van der Waals surface area contributed by atoms with Crippen LogP contribution in [0.3, 0.4) is 0 Å². The first kappa shape index (κ1) is 10.3. The Kier molecular flexibility index (Phi) is 2.35. The third-order valence-electron chi connectivity index (χ3n) is 2.42. The molecule has 0 spiro atoms. The average Bonchev–Trinajstić information content (AvgIpc) is 2.25. The molecule has 0 aromatic rings. The Morgan fingerprint density at radius 3 is 2.93 bits per heavy atom. The molecule has 3 N–H and O–H groups in total. The molecule has 1 saturated heterocycles. The number of amides is 1. The minimum Gasteiger partial charge on any atom is -0.498 e. The number of rotatable bonds is 2. The van der Waals surface area contributed by atoms with E-state index in [1.54, 1.807) is 0 Å². The quantitative estimate of drug-likeness (QED) is 0.601. The number of thioether (sulfide) groups is 1. The minimum atomic E-state index is -1.16. The number of nitrogens with zero attached hydrogens (tertiary/aromatic N) is 1. The fourth-order valence-corrected chi connectivity index (χ4v) is 2.90. The average molecular weight is 230 g/mol. The number of hydrogen-bond donors (Lipinski definition) is 2. The number of carbonyl (C=O) groups is 2. The number of ether oxygens (including phenoxy) is 1. The van der Waals surface area contributed by atoms with Gasteiger partial charge in [0.25, 0.3) is 0 Å². The van der Waals surface area contributed by atoms with Crippen LogP contribution < -0.4 is 5.73 Å². The van der Waals surface area contributed by atoms with Crippen LogP contribution in [0.1, 0.15) is 0 Å². The van der Waals surface area contributed by atoms with Gasteiger partial charge in [0, 0.05) is 0 Å². The normalized spacial score (nSPS) is 29.7. The number of methoxy groups -OCH3 is 1. The SMILES string of the molecule is COC1=C(C(=O)O)N2C(=O)C(N)C2SC1. The molecule has 0 bridgehead atoms. The molecule has 2 heterocycles. The highest BCUT2D eigenvalue weighted by atomic mass is 32.2. The van der Waals surface area contributed by atoms with Gasteiger partial charge in [-0.25, -0.2) is 4.79 Å². The van der Waals surface area contributed by atoms with E-state index in [1.807, 2.05) is 0 Å². The minimum absolute atomic E-state index is 0.0760. The van der Waals surface area contributed by atoms with Crippen LogP contribution in [0.5, 0.6) is 0 Å². The predicted molar refractivity (Wildman–Crippen MR) is 52.7 cm³/mol. The van der Waals surface area contributed by atoms with Gasteiger partial charge in [-0.3, -0.25) is 9.69 Å². The lowest BCUT2D eigenvalue weighted by atomic mass is 10.1. The molecule has 0 aromatic carbocycles. The number of carboxylic acids is 1. The summed E-state index contributed by atoms with van der Waals surface area (Å²) >= 11 is 1.41. The van der Waals surface area contributed by atoms with Gasteiger partial charge < -0.3 is 15.6 Å². The van der Waals surface area contributed by atoms with Gasteiger partial charge in [0.2, 0.25) is 5.91 Å². The topological polar surface area (TPSA) is 92.9 Å². The van der Waals surface area contributed by atoms with E-state index in [1.165, 1.54) is 23.8 Å². The third kappa shape index (κ3) is 1.30. The zero-order valence-electron chi connectivity index (χ0n) is 7.97. The molecule has 0 aromatic heterocycles. The largest absolute Gasteiger partial charge is 0.498 e. The number of aliphatic carboxylic acids is 1. The lowest BCUT2D eigenvalue weighted by Gasteiger charge is -2.47. The van der Waals surface area contributed by atoms with Crippen molar-refractivity contribution in [2.24, 2.45) is 5.73 Å². The van der Waals surface area contributed by atoms with E-state index in [9.17, 15) is 9.59 Å². The first-order valence-electron chi connectivity index (χ1n) is 4.28. The van der Waals surface area contributed by atoms with Gasteiger partial charge in [0.05, 0.1) is 12.9 Å². The first-order valence-corrected chi connectivity index (χ1v) is 5.33. The van der Waals surface area contributed by atoms with Crippen molar-refractivity contribution in [2.45, 2.75) is 11.4 Å². The predicted octanol–water partition coefficient (Wildman–Crippen LogP) is -0.829. The van der Waals surface area contributed by atoms with E-state index in [4.69, 9.17) is 15.6 Å². The number of fused-ring (bicyclic) bond motifs is 1. The van der Waals surface area contributed by atoms with E-state index < -0.39 is 12.0 Å². The maximum Gasteiger partial charge on any atom is 0.356 e. The Labute approximate surface area is 90.0 Å². The molecule has 0 aliphatic carbocycles. The van der Waals surface area contributed by atoms with Gasteiger partial charge in [-0.05, 0) is 0 Å². The van der Waals surface area contributed by atoms with Crippen LogP contribution in [-0.2, 0) is 14.3 Å². The summed E-state index contributed by atoms with van der Waals surface area (Å²) in [6.07, 6.45) is 0. The van der Waals surface area contributed by atoms with E-state index in [0.717, 1.165) is 0 Å². The molecule has 2 aliphatic rings. The Morgan fingerprint density at radius 2 is 2.40 bits per heavy atom. The van der Waals surface area contributed by atoms with Crippen LogP contribution >= 0.6 is 11.8 Å². The van der Waals surface area contributed by atoms with Crippen molar-refractivity contribution in [3.8, 4) is 0 Å². The van der Waals surface area contributed by atoms with Crippen LogP contribution in [0.2, 0.25) is 0 Å². The molecule has 1 amide bonds. The zero-order valence-corrected chi connectivity index (χ0v) is 8.78. The molecule has 0 radical (unpaired) electrons. The number of nitrogens with two attached hydrogens (primary N) is 1. The smallest absolute Gasteiger partial charge is 0.356 e. The second-order valence-electron chi connectivity index (χ2n) is 3.22. The fraction of sp³-hybridized carbons (Fsp3) is 0.500. The summed E-state index contributed by atoms with van der Waals surface area (Å²) in [5.41, 5.74) is 5.48. The summed E-state index contributed by atoms with van der Waals surface area (Å²) in [7, 11) is 1.39. The van der Waals surface area contributed by atoms with E-state index >= 15 is 0 Å². The third-order valence-corrected chi connectivity index (χ3v) is 3.70. The summed E-state index contributed by atoms with van der Waals surface area (Å²) in [5.74, 6) is -0.777. The molecule has 1 fully saturated rings. The lowest BCUT2D eigenvalue weighted by Crippen LogP contribution is -2.68. The van der Waals surface area contributed by atoms with Crippen LogP contribution in [0.25, 0.3) is 0 Å². The molecular weight excluding hydrogens is 220 g/mol. The maximum atomic E-state index is 11.4. The number of carbonyl (C=O) groups excluding carboxylic acids is 1. The molecule has 2 atom stereocenters. The van der Waals surface area contributed by atoms with Crippen molar-refractivity contribution in [2.75, 3.05) is 12.9 Å². The second-order valence-corrected chi connectivity index (χ2v) is 4.32. The molecule has 7 heteroatoms. The van der Waals surface area contributed by atoms with Crippen LogP contribution in [-0.4, -0.2) is 46.2 Å². The van der Waals surface area contributed by atoms with E-state index in [-0.39, 0.29) is 17.0 Å². The zero-order chi connectivity index (χ0) is 11.2. The van der Waals surface area contributed by atoms with Gasteiger partial charge in [-0.2, -0.15) is 0 Å². The standard InChI is InChI=1S/C8H10N2O4S/c1-14-3-2-15-7-4(9)6(11)10(7)5(3)8(12)13/h4,7H,2,9H2,1H3,(H,12,13). The van der Waals surface area contributed by atoms with Crippen molar-refractivity contribution >= 4 is 23.6 Å². The molecule has 0 saturated carbocycles. The summed E-state index contributed by atoms with van der Waals surface area (Å²) in [5, 5.41) is 8.72. The molecule has 2 aliphatic heterocycles. The van der Waals surface area contributed by atoms with E-state index in [0.29, 0.717) is 11.5 Å². The molecule has 15 heavy (non-hydrogen) atoms. The summed E-state index contributed by atoms with van der Waals surface area (Å²) in [6, 6.07) is -0.595. The molecular formula is C8H10N2O4S. The van der Waals surface area contributed by atoms with Crippen molar-refractivity contribution < 1.29 is 19.4 Å². The van der Waals surface area contributed by atoms with Crippen LogP contribution in [0.15, 0.2) is 11.5 Å². The number of carboxylic acid groups (broad SMARTS) is 1. The first-order chi connectivity index (χ1) is 7.07. The van der Waals surface area contributed by atoms with Crippen molar-refractivity contribution in [1.82, 2.24) is 4.90 Å². The van der Waals surface area contributed by atoms with Crippen molar-refractivity contribution in [1.29, 1.82) is 0 Å². The van der Waals surface area contributed by atoms with E-state index in [2.05, 4.69) is 0 Å². The highest BCUT2D eigenvalue weighted by molar-refractivity contribution is 8.00. The highest BCUT2D eigenvalue weighted by Crippen LogP contribution is 2.39. The molecule has 6 nitrogen and oxygen atoms in total. The van der Waals surface area contributed by atoms with Crippen LogP contribution in [0.4, 0.5) is 0 Å². The van der Waals surface area contributed by atoms with Crippen molar-refractivity contribution in [3.05, 3.63) is 11.5 Å². The van der Waals surface area contributed by atoms with Gasteiger partial charge in [-0.15, -0.1) is 11.8 Å². The van der Waals surface area contributed by atoms with Crippen molar-refractivity contribution in [3.63, 3.8) is 0 Å². The molecule has 2 unspecified atom stereocenters. The Balaban J connectivity index is 2.38. The summed E-state index contributed by atoms with van der Waals surface area (Å²) in [4.78, 5) is 23.6. The van der Waals surface area contributed by atoms with Gasteiger partial charge >= 0.3 is 5.97 Å². The number of β-lactam (4-membered cyclic amide) rings is 1. The summed E-state index contributed by atoms with van der Waals surface area (Å²) < 4.78 is 4.94. The van der Waals surface area contributed by atoms with Gasteiger partial charge in [0.15, 0.2) is 5.70 Å².